The van der Waals surface area contributed by atoms with Gasteiger partial charge in [-0.1, -0.05) is 55.8 Å². The summed E-state index contributed by atoms with van der Waals surface area (Å²) in [5, 5.41) is 6.18. The summed E-state index contributed by atoms with van der Waals surface area (Å²) < 4.78 is 28.3. The van der Waals surface area contributed by atoms with E-state index in [1.165, 1.54) is 15.8 Å². The summed E-state index contributed by atoms with van der Waals surface area (Å²) in [5.41, 5.74) is 2.31. The summed E-state index contributed by atoms with van der Waals surface area (Å²) in [5.74, 6) is 0.231. The van der Waals surface area contributed by atoms with Gasteiger partial charge in [0.1, 0.15) is 5.15 Å². The molecule has 9 heteroatoms. The van der Waals surface area contributed by atoms with Crippen molar-refractivity contribution < 1.29 is 13.2 Å². The summed E-state index contributed by atoms with van der Waals surface area (Å²) in [6.45, 7) is 7.92. The SMILES string of the molecule is Cc1nn(CC(C)C)c(Cl)c1/C=C/C(=O)N1CCN(S(=O)(=O)/C=C/c2ccccc2)CC1. The summed E-state index contributed by atoms with van der Waals surface area (Å²) in [6.07, 6.45) is 4.76. The number of halogens is 1. The molecule has 1 aromatic heterocycles. The lowest BCUT2D eigenvalue weighted by atomic mass is 10.2. The minimum Gasteiger partial charge on any atom is -0.337 e. The normalized spacial score (nSPS) is 16.0. The molecule has 1 fully saturated rings. The van der Waals surface area contributed by atoms with Crippen LogP contribution in [0.1, 0.15) is 30.7 Å². The Morgan fingerprint density at radius 3 is 2.41 bits per heavy atom. The number of aromatic nitrogens is 2. The minimum absolute atomic E-state index is 0.172. The van der Waals surface area contributed by atoms with Crippen LogP contribution in [0.5, 0.6) is 0 Å². The van der Waals surface area contributed by atoms with Gasteiger partial charge < -0.3 is 4.90 Å². The Hall–Kier alpha value is -2.42. The van der Waals surface area contributed by atoms with E-state index in [0.29, 0.717) is 30.7 Å². The lowest BCUT2D eigenvalue weighted by molar-refractivity contribution is -0.127. The molecule has 0 radical (unpaired) electrons. The minimum atomic E-state index is -3.54. The van der Waals surface area contributed by atoms with Gasteiger partial charge in [0.05, 0.1) is 5.69 Å². The maximum Gasteiger partial charge on any atom is 0.246 e. The molecule has 32 heavy (non-hydrogen) atoms. The lowest BCUT2D eigenvalue weighted by Gasteiger charge is -2.32. The smallest absolute Gasteiger partial charge is 0.246 e. The Balaban J connectivity index is 1.59. The van der Waals surface area contributed by atoms with Gasteiger partial charge in [-0.15, -0.1) is 0 Å². The third-order valence-corrected chi connectivity index (χ3v) is 7.15. The van der Waals surface area contributed by atoms with Crippen LogP contribution in [0.4, 0.5) is 0 Å². The second-order valence-electron chi connectivity index (χ2n) is 8.18. The van der Waals surface area contributed by atoms with E-state index in [4.69, 9.17) is 11.6 Å². The molecule has 1 aromatic carbocycles. The van der Waals surface area contributed by atoms with E-state index in [2.05, 4.69) is 18.9 Å². The Labute approximate surface area is 195 Å². The first-order valence-corrected chi connectivity index (χ1v) is 12.5. The molecule has 172 valence electrons. The number of aryl methyl sites for hydroxylation is 1. The van der Waals surface area contributed by atoms with Crippen molar-refractivity contribution in [3.05, 3.63) is 63.8 Å². The topological polar surface area (TPSA) is 75.5 Å². The quantitative estimate of drug-likeness (QED) is 0.571. The van der Waals surface area contributed by atoms with Crippen molar-refractivity contribution in [1.82, 2.24) is 19.0 Å². The fourth-order valence-electron chi connectivity index (χ4n) is 3.46. The molecule has 0 bridgehead atoms. The first kappa shape index (κ1) is 24.2. The molecular formula is C23H29ClN4O3S. The third-order valence-electron chi connectivity index (χ3n) is 5.18. The maximum absolute atomic E-state index is 12.6. The number of carbonyl (C=O) groups is 1. The molecular weight excluding hydrogens is 448 g/mol. The number of benzene rings is 1. The van der Waals surface area contributed by atoms with Crippen molar-refractivity contribution in [2.45, 2.75) is 27.3 Å². The number of amides is 1. The number of rotatable bonds is 7. The number of piperazine rings is 1. The Morgan fingerprint density at radius 1 is 1.12 bits per heavy atom. The summed E-state index contributed by atoms with van der Waals surface area (Å²) >= 11 is 6.43. The summed E-state index contributed by atoms with van der Waals surface area (Å²) in [6, 6.07) is 9.27. The highest BCUT2D eigenvalue weighted by Crippen LogP contribution is 2.22. The van der Waals surface area contributed by atoms with Crippen LogP contribution in [0.3, 0.4) is 0 Å². The molecule has 0 aliphatic carbocycles. The zero-order chi connectivity index (χ0) is 23.3. The van der Waals surface area contributed by atoms with Crippen LogP contribution in [-0.2, 0) is 21.4 Å². The lowest BCUT2D eigenvalue weighted by Crippen LogP contribution is -2.49. The van der Waals surface area contributed by atoms with E-state index < -0.39 is 10.0 Å². The average Bonchev–Trinajstić information content (AvgIpc) is 3.03. The molecule has 3 rings (SSSR count). The Bertz CT molecular complexity index is 1100. The van der Waals surface area contributed by atoms with Crippen LogP contribution in [0.2, 0.25) is 5.15 Å². The number of hydrogen-bond acceptors (Lipinski definition) is 4. The van der Waals surface area contributed by atoms with Crippen molar-refractivity contribution in [2.75, 3.05) is 26.2 Å². The van der Waals surface area contributed by atoms with Crippen LogP contribution in [0.15, 0.2) is 41.8 Å². The van der Waals surface area contributed by atoms with Crippen LogP contribution < -0.4 is 0 Å². The molecule has 0 spiro atoms. The molecule has 0 unspecified atom stereocenters. The highest BCUT2D eigenvalue weighted by molar-refractivity contribution is 7.92. The van der Waals surface area contributed by atoms with Crippen molar-refractivity contribution >= 4 is 39.7 Å². The van der Waals surface area contributed by atoms with Gasteiger partial charge in [-0.05, 0) is 30.6 Å². The number of nitrogens with zero attached hydrogens (tertiary/aromatic N) is 4. The fraction of sp³-hybridized carbons (Fsp3) is 0.391. The maximum atomic E-state index is 12.6. The number of sulfonamides is 1. The van der Waals surface area contributed by atoms with Gasteiger partial charge in [0.25, 0.3) is 0 Å². The second-order valence-corrected chi connectivity index (χ2v) is 10.4. The van der Waals surface area contributed by atoms with Gasteiger partial charge in [0.2, 0.25) is 15.9 Å². The molecule has 1 amide bonds. The second kappa shape index (κ2) is 10.5. The van der Waals surface area contributed by atoms with Gasteiger partial charge in [-0.2, -0.15) is 9.40 Å². The summed E-state index contributed by atoms with van der Waals surface area (Å²) in [7, 11) is -3.54. The predicted octanol–water partition coefficient (Wildman–Crippen LogP) is 3.66. The third kappa shape index (κ3) is 6.09. The molecule has 0 saturated carbocycles. The van der Waals surface area contributed by atoms with Crippen LogP contribution in [0.25, 0.3) is 12.2 Å². The number of hydrogen-bond donors (Lipinski definition) is 0. The van der Waals surface area contributed by atoms with Gasteiger partial charge in [-0.25, -0.2) is 8.42 Å². The van der Waals surface area contributed by atoms with Crippen LogP contribution in [0, 0.1) is 12.8 Å². The molecule has 7 nitrogen and oxygen atoms in total. The van der Waals surface area contributed by atoms with E-state index in [0.717, 1.165) is 16.8 Å². The van der Waals surface area contributed by atoms with Crippen molar-refractivity contribution in [2.24, 2.45) is 5.92 Å². The van der Waals surface area contributed by atoms with Gasteiger partial charge in [-0.3, -0.25) is 9.48 Å². The van der Waals surface area contributed by atoms with Gasteiger partial charge in [0.15, 0.2) is 0 Å². The first-order chi connectivity index (χ1) is 15.2. The van der Waals surface area contributed by atoms with E-state index in [-0.39, 0.29) is 19.0 Å². The molecule has 0 atom stereocenters. The highest BCUT2D eigenvalue weighted by Gasteiger charge is 2.26. The molecule has 0 N–H and O–H groups in total. The fourth-order valence-corrected chi connectivity index (χ4v) is 4.94. The monoisotopic (exact) mass is 476 g/mol. The standard InChI is InChI=1S/C23H29ClN4O3S/c1-18(2)17-28-23(24)21(19(3)25-28)9-10-22(29)26-12-14-27(15-13-26)32(30,31)16-11-20-7-5-4-6-8-20/h4-11,16,18H,12-15,17H2,1-3H3/b10-9+,16-11+. The van der Waals surface area contributed by atoms with Crippen molar-refractivity contribution in [1.29, 1.82) is 0 Å². The number of carbonyl (C=O) groups excluding carboxylic acids is 1. The Kier molecular flexibility index (Phi) is 7.92. The molecule has 1 aliphatic heterocycles. The van der Waals surface area contributed by atoms with Crippen LogP contribution >= 0.6 is 11.6 Å². The average molecular weight is 477 g/mol. The van der Waals surface area contributed by atoms with E-state index in [1.807, 2.05) is 37.3 Å². The molecule has 2 heterocycles. The Morgan fingerprint density at radius 2 is 1.78 bits per heavy atom. The largest absolute Gasteiger partial charge is 0.337 e. The van der Waals surface area contributed by atoms with Gasteiger partial charge in [0, 0.05) is 49.8 Å². The predicted molar refractivity (Wildman–Crippen MR) is 128 cm³/mol. The molecule has 1 saturated heterocycles. The van der Waals surface area contributed by atoms with Crippen molar-refractivity contribution in [3.8, 4) is 0 Å². The summed E-state index contributed by atoms with van der Waals surface area (Å²) in [4.78, 5) is 14.3. The molecule has 2 aromatic rings. The zero-order valence-corrected chi connectivity index (χ0v) is 20.2. The van der Waals surface area contributed by atoms with Crippen LogP contribution in [-0.4, -0.2) is 59.5 Å². The molecule has 1 aliphatic rings. The van der Waals surface area contributed by atoms with Crippen molar-refractivity contribution in [3.63, 3.8) is 0 Å². The van der Waals surface area contributed by atoms with E-state index in [1.54, 1.807) is 21.7 Å². The van der Waals surface area contributed by atoms with E-state index >= 15 is 0 Å². The van der Waals surface area contributed by atoms with Gasteiger partial charge >= 0.3 is 0 Å². The highest BCUT2D eigenvalue weighted by atomic mass is 35.5. The zero-order valence-electron chi connectivity index (χ0n) is 18.6. The van der Waals surface area contributed by atoms with E-state index in [9.17, 15) is 13.2 Å². The first-order valence-electron chi connectivity index (χ1n) is 10.6.